The van der Waals surface area contributed by atoms with Crippen molar-refractivity contribution in [1.82, 2.24) is 5.32 Å². The molecule has 1 heterocycles. The highest BCUT2D eigenvalue weighted by Crippen LogP contribution is 2.17. The molecule has 2 aromatic carbocycles. The topological polar surface area (TPSA) is 87.3 Å². The summed E-state index contributed by atoms with van der Waals surface area (Å²) in [5.41, 5.74) is 1.62. The Morgan fingerprint density at radius 3 is 2.24 bits per heavy atom. The number of amides is 3. The van der Waals surface area contributed by atoms with Crippen LogP contribution >= 0.6 is 11.3 Å². The first kappa shape index (κ1) is 20.0. The van der Waals surface area contributed by atoms with Crippen molar-refractivity contribution in [3.63, 3.8) is 0 Å². The smallest absolute Gasteiger partial charge is 0.272 e. The minimum Gasteiger partial charge on any atom is -0.326 e. The van der Waals surface area contributed by atoms with Crippen LogP contribution in [0.4, 0.5) is 11.4 Å². The number of carbonyl (C=O) groups is 3. The molecule has 0 radical (unpaired) electrons. The van der Waals surface area contributed by atoms with Gasteiger partial charge >= 0.3 is 0 Å². The molecular weight excluding hydrogens is 386 g/mol. The molecule has 0 bridgehead atoms. The fourth-order valence-corrected chi connectivity index (χ4v) is 3.19. The van der Waals surface area contributed by atoms with Crippen LogP contribution in [0.3, 0.4) is 0 Å². The maximum Gasteiger partial charge on any atom is 0.272 e. The lowest BCUT2D eigenvalue weighted by Crippen LogP contribution is -2.30. The normalized spacial score (nSPS) is 10.9. The second-order valence-electron chi connectivity index (χ2n) is 6.11. The van der Waals surface area contributed by atoms with E-state index in [0.29, 0.717) is 16.9 Å². The van der Waals surface area contributed by atoms with Gasteiger partial charge in [0.2, 0.25) is 5.91 Å². The zero-order valence-corrected chi connectivity index (χ0v) is 16.5. The fourth-order valence-electron chi connectivity index (χ4n) is 2.53. The average molecular weight is 405 g/mol. The van der Waals surface area contributed by atoms with Crippen LogP contribution in [-0.2, 0) is 9.59 Å². The van der Waals surface area contributed by atoms with Crippen molar-refractivity contribution in [3.05, 3.63) is 88.2 Å². The van der Waals surface area contributed by atoms with Gasteiger partial charge in [0.05, 0.1) is 0 Å². The molecule has 146 valence electrons. The van der Waals surface area contributed by atoms with Crippen molar-refractivity contribution < 1.29 is 14.4 Å². The van der Waals surface area contributed by atoms with E-state index in [1.807, 2.05) is 23.6 Å². The summed E-state index contributed by atoms with van der Waals surface area (Å²) in [5, 5.41) is 9.99. The quantitative estimate of drug-likeness (QED) is 0.539. The highest BCUT2D eigenvalue weighted by molar-refractivity contribution is 7.10. The maximum atomic E-state index is 12.9. The van der Waals surface area contributed by atoms with Gasteiger partial charge in [0, 0.05) is 28.7 Å². The van der Waals surface area contributed by atoms with Crippen molar-refractivity contribution in [2.24, 2.45) is 0 Å². The third kappa shape index (κ3) is 5.88. The molecule has 7 heteroatoms. The summed E-state index contributed by atoms with van der Waals surface area (Å²) in [6, 6.07) is 19.2. The minimum atomic E-state index is -0.470. The first-order valence-electron chi connectivity index (χ1n) is 8.82. The summed E-state index contributed by atoms with van der Waals surface area (Å²) in [7, 11) is 0. The Morgan fingerprint density at radius 2 is 1.59 bits per heavy atom. The zero-order chi connectivity index (χ0) is 20.6. The van der Waals surface area contributed by atoms with Crippen molar-refractivity contribution >= 4 is 46.5 Å². The van der Waals surface area contributed by atoms with Crippen LogP contribution in [0.15, 0.2) is 77.8 Å². The number of hydrogen-bond acceptors (Lipinski definition) is 4. The molecule has 6 nitrogen and oxygen atoms in total. The second kappa shape index (κ2) is 9.48. The number of thiophene rings is 1. The minimum absolute atomic E-state index is 0.117. The molecule has 29 heavy (non-hydrogen) atoms. The van der Waals surface area contributed by atoms with Crippen LogP contribution in [0.25, 0.3) is 6.08 Å². The molecule has 3 aromatic rings. The Hall–Kier alpha value is -3.71. The third-order valence-corrected chi connectivity index (χ3v) is 4.62. The standard InChI is InChI=1S/C22H19N3O3S/c1-15(26)23-17-9-5-10-18(13-17)24-22(28)20(14-19-11-6-12-29-19)25-21(27)16-7-3-2-4-8-16/h2-14H,1H3,(H,23,26)(H,24,28)(H,25,27)/b20-14-. The Labute approximate surface area is 172 Å². The molecule has 0 aliphatic heterocycles. The Bertz CT molecular complexity index is 1040. The molecule has 0 aliphatic rings. The summed E-state index contributed by atoms with van der Waals surface area (Å²) in [5.74, 6) is -1.06. The number of nitrogens with one attached hydrogen (secondary N) is 3. The Kier molecular flexibility index (Phi) is 6.55. The lowest BCUT2D eigenvalue weighted by Gasteiger charge is -2.12. The lowest BCUT2D eigenvalue weighted by molar-refractivity contribution is -0.114. The first-order valence-corrected chi connectivity index (χ1v) is 9.70. The summed E-state index contributed by atoms with van der Waals surface area (Å²) in [6.07, 6.45) is 1.62. The van der Waals surface area contributed by atoms with Crippen molar-refractivity contribution in [3.8, 4) is 0 Å². The van der Waals surface area contributed by atoms with Gasteiger partial charge in [-0.05, 0) is 47.9 Å². The average Bonchev–Trinajstić information content (AvgIpc) is 3.21. The van der Waals surface area contributed by atoms with Gasteiger partial charge in [0.15, 0.2) is 0 Å². The molecule has 0 saturated carbocycles. The number of anilines is 2. The van der Waals surface area contributed by atoms with Gasteiger partial charge in [-0.3, -0.25) is 14.4 Å². The van der Waals surface area contributed by atoms with Crippen molar-refractivity contribution in [2.75, 3.05) is 10.6 Å². The van der Waals surface area contributed by atoms with E-state index in [0.717, 1.165) is 4.88 Å². The summed E-state index contributed by atoms with van der Waals surface area (Å²) >= 11 is 1.45. The molecular formula is C22H19N3O3S. The lowest BCUT2D eigenvalue weighted by atomic mass is 10.2. The third-order valence-electron chi connectivity index (χ3n) is 3.80. The summed E-state index contributed by atoms with van der Waals surface area (Å²) in [6.45, 7) is 1.41. The second-order valence-corrected chi connectivity index (χ2v) is 7.09. The van der Waals surface area contributed by atoms with E-state index in [-0.39, 0.29) is 17.5 Å². The number of benzene rings is 2. The van der Waals surface area contributed by atoms with Crippen LogP contribution < -0.4 is 16.0 Å². The monoisotopic (exact) mass is 405 g/mol. The molecule has 3 N–H and O–H groups in total. The molecule has 1 aromatic heterocycles. The Balaban J connectivity index is 1.81. The molecule has 0 atom stereocenters. The van der Waals surface area contributed by atoms with Gasteiger partial charge in [0.25, 0.3) is 11.8 Å². The molecule has 0 fully saturated rings. The fraction of sp³-hybridized carbons (Fsp3) is 0.0455. The highest BCUT2D eigenvalue weighted by atomic mass is 32.1. The van der Waals surface area contributed by atoms with E-state index in [1.165, 1.54) is 18.3 Å². The van der Waals surface area contributed by atoms with Gasteiger partial charge < -0.3 is 16.0 Å². The van der Waals surface area contributed by atoms with Gasteiger partial charge in [-0.15, -0.1) is 11.3 Å². The largest absolute Gasteiger partial charge is 0.326 e. The van der Waals surface area contributed by atoms with E-state index < -0.39 is 5.91 Å². The molecule has 3 amide bonds. The van der Waals surface area contributed by atoms with Gasteiger partial charge in [-0.1, -0.05) is 30.3 Å². The van der Waals surface area contributed by atoms with Crippen LogP contribution in [0.1, 0.15) is 22.2 Å². The number of hydrogen-bond donors (Lipinski definition) is 3. The molecule has 3 rings (SSSR count). The van der Waals surface area contributed by atoms with Crippen LogP contribution in [0, 0.1) is 0 Å². The SMILES string of the molecule is CC(=O)Nc1cccc(NC(=O)/C(=C/c2cccs2)NC(=O)c2ccccc2)c1. The molecule has 0 aliphatic carbocycles. The van der Waals surface area contributed by atoms with Crippen LogP contribution in [-0.4, -0.2) is 17.7 Å². The van der Waals surface area contributed by atoms with Gasteiger partial charge in [-0.2, -0.15) is 0 Å². The first-order chi connectivity index (χ1) is 14.0. The van der Waals surface area contributed by atoms with Crippen LogP contribution in [0.2, 0.25) is 0 Å². The maximum absolute atomic E-state index is 12.9. The van der Waals surface area contributed by atoms with Crippen LogP contribution in [0.5, 0.6) is 0 Å². The van der Waals surface area contributed by atoms with E-state index in [1.54, 1.807) is 54.6 Å². The van der Waals surface area contributed by atoms with E-state index >= 15 is 0 Å². The molecule has 0 spiro atoms. The van der Waals surface area contributed by atoms with Crippen molar-refractivity contribution in [2.45, 2.75) is 6.92 Å². The summed E-state index contributed by atoms with van der Waals surface area (Å²) in [4.78, 5) is 37.5. The number of rotatable bonds is 6. The molecule has 0 saturated heterocycles. The van der Waals surface area contributed by atoms with Gasteiger partial charge in [0.1, 0.15) is 5.70 Å². The predicted octanol–water partition coefficient (Wildman–Crippen LogP) is 4.12. The van der Waals surface area contributed by atoms with Gasteiger partial charge in [-0.25, -0.2) is 0 Å². The Morgan fingerprint density at radius 1 is 0.862 bits per heavy atom. The number of carbonyl (C=O) groups excluding carboxylic acids is 3. The zero-order valence-electron chi connectivity index (χ0n) is 15.6. The molecule has 0 unspecified atom stereocenters. The van der Waals surface area contributed by atoms with E-state index in [2.05, 4.69) is 16.0 Å². The summed E-state index contributed by atoms with van der Waals surface area (Å²) < 4.78 is 0. The van der Waals surface area contributed by atoms with Crippen molar-refractivity contribution in [1.29, 1.82) is 0 Å². The van der Waals surface area contributed by atoms with E-state index in [9.17, 15) is 14.4 Å². The highest BCUT2D eigenvalue weighted by Gasteiger charge is 2.15. The van der Waals surface area contributed by atoms with E-state index in [4.69, 9.17) is 0 Å². The predicted molar refractivity (Wildman–Crippen MR) is 116 cm³/mol.